The maximum absolute atomic E-state index is 11.9. The minimum Gasteiger partial charge on any atom is -0.483 e. The minimum atomic E-state index is -0.298. The fourth-order valence-electron chi connectivity index (χ4n) is 2.30. The van der Waals surface area contributed by atoms with Gasteiger partial charge in [-0.2, -0.15) is 5.10 Å². The maximum atomic E-state index is 11.9. The van der Waals surface area contributed by atoms with Gasteiger partial charge in [0.25, 0.3) is 5.91 Å². The lowest BCUT2D eigenvalue weighted by molar-refractivity contribution is -0.123. The molecule has 0 unspecified atom stereocenters. The Kier molecular flexibility index (Phi) is 5.59. The van der Waals surface area contributed by atoms with Crippen molar-refractivity contribution in [2.45, 2.75) is 6.92 Å². The molecule has 2 aromatic carbocycles. The first-order valence-electron chi connectivity index (χ1n) is 7.87. The highest BCUT2D eigenvalue weighted by Gasteiger charge is 2.07. The summed E-state index contributed by atoms with van der Waals surface area (Å²) in [4.78, 5) is 13.0. The van der Waals surface area contributed by atoms with E-state index in [1.165, 1.54) is 0 Å². The van der Waals surface area contributed by atoms with Crippen LogP contribution in [0.15, 0.2) is 71.1 Å². The molecule has 25 heavy (non-hydrogen) atoms. The molecule has 0 aliphatic rings. The highest BCUT2D eigenvalue weighted by atomic mass is 32.1. The molecule has 1 amide bonds. The van der Waals surface area contributed by atoms with Crippen LogP contribution in [0.4, 0.5) is 0 Å². The highest BCUT2D eigenvalue weighted by molar-refractivity contribution is 7.11. The number of thiophene rings is 1. The summed E-state index contributed by atoms with van der Waals surface area (Å²) in [6.45, 7) is 1.91. The zero-order chi connectivity index (χ0) is 17.5. The van der Waals surface area contributed by atoms with E-state index in [9.17, 15) is 4.79 Å². The topological polar surface area (TPSA) is 50.7 Å². The standard InChI is InChI=1S/C20H18N2O2S/c1-15-11-12-25-19(15)13-21-22-20(23)14-24-18-10-6-5-9-17(18)16-7-3-2-4-8-16/h2-13H,14H2,1H3,(H,22,23). The van der Waals surface area contributed by atoms with Crippen molar-refractivity contribution in [3.63, 3.8) is 0 Å². The molecule has 1 heterocycles. The van der Waals surface area contributed by atoms with Crippen LogP contribution < -0.4 is 10.2 Å². The Morgan fingerprint density at radius 3 is 2.64 bits per heavy atom. The molecule has 0 bridgehead atoms. The zero-order valence-corrected chi connectivity index (χ0v) is 14.6. The fourth-order valence-corrected chi connectivity index (χ4v) is 3.09. The summed E-state index contributed by atoms with van der Waals surface area (Å²) in [5.41, 5.74) is 5.62. The van der Waals surface area contributed by atoms with Gasteiger partial charge in [-0.15, -0.1) is 11.3 Å². The molecule has 0 atom stereocenters. The van der Waals surface area contributed by atoms with Gasteiger partial charge in [0.2, 0.25) is 0 Å². The van der Waals surface area contributed by atoms with Gasteiger partial charge in [0.1, 0.15) is 5.75 Å². The number of nitrogens with one attached hydrogen (secondary N) is 1. The van der Waals surface area contributed by atoms with Gasteiger partial charge in [-0.1, -0.05) is 48.5 Å². The van der Waals surface area contributed by atoms with Crippen molar-refractivity contribution in [1.29, 1.82) is 0 Å². The lowest BCUT2D eigenvalue weighted by atomic mass is 10.1. The van der Waals surface area contributed by atoms with Crippen LogP contribution in [0.5, 0.6) is 5.75 Å². The SMILES string of the molecule is Cc1ccsc1C=NNC(=O)COc1ccccc1-c1ccccc1. The predicted octanol–water partition coefficient (Wildman–Crippen LogP) is 4.25. The first-order valence-corrected chi connectivity index (χ1v) is 8.75. The normalized spacial score (nSPS) is 10.8. The molecule has 4 nitrogen and oxygen atoms in total. The van der Waals surface area contributed by atoms with E-state index in [2.05, 4.69) is 10.5 Å². The summed E-state index contributed by atoms with van der Waals surface area (Å²) in [6.07, 6.45) is 1.65. The van der Waals surface area contributed by atoms with E-state index in [1.807, 2.05) is 73.0 Å². The number of nitrogens with zero attached hydrogens (tertiary/aromatic N) is 1. The van der Waals surface area contributed by atoms with Crippen molar-refractivity contribution in [3.8, 4) is 16.9 Å². The van der Waals surface area contributed by atoms with Gasteiger partial charge in [0.05, 0.1) is 6.21 Å². The van der Waals surface area contributed by atoms with Crippen molar-refractivity contribution < 1.29 is 9.53 Å². The van der Waals surface area contributed by atoms with Crippen molar-refractivity contribution in [2.24, 2.45) is 5.10 Å². The second kappa shape index (κ2) is 8.26. The summed E-state index contributed by atoms with van der Waals surface area (Å²) >= 11 is 1.58. The Labute approximate surface area is 150 Å². The molecule has 3 rings (SSSR count). The van der Waals surface area contributed by atoms with E-state index in [-0.39, 0.29) is 12.5 Å². The van der Waals surface area contributed by atoms with Crippen LogP contribution in [-0.2, 0) is 4.79 Å². The third kappa shape index (κ3) is 4.55. The first-order chi connectivity index (χ1) is 12.2. The summed E-state index contributed by atoms with van der Waals surface area (Å²) in [7, 11) is 0. The second-order valence-electron chi connectivity index (χ2n) is 5.41. The first kappa shape index (κ1) is 16.9. The Bertz CT molecular complexity index is 872. The lowest BCUT2D eigenvalue weighted by Gasteiger charge is -2.10. The van der Waals surface area contributed by atoms with Crippen LogP contribution in [0.25, 0.3) is 11.1 Å². The van der Waals surface area contributed by atoms with Gasteiger partial charge < -0.3 is 4.74 Å². The van der Waals surface area contributed by atoms with E-state index >= 15 is 0 Å². The summed E-state index contributed by atoms with van der Waals surface area (Å²) in [5.74, 6) is 0.371. The van der Waals surface area contributed by atoms with Crippen LogP contribution in [0, 0.1) is 6.92 Å². The van der Waals surface area contributed by atoms with Gasteiger partial charge in [0.15, 0.2) is 6.61 Å². The number of hydrogen-bond donors (Lipinski definition) is 1. The number of rotatable bonds is 6. The molecule has 1 N–H and O–H groups in total. The number of hydrazone groups is 1. The number of carbonyl (C=O) groups is 1. The zero-order valence-electron chi connectivity index (χ0n) is 13.8. The van der Waals surface area contributed by atoms with E-state index in [4.69, 9.17) is 4.74 Å². The molecule has 0 saturated heterocycles. The number of benzene rings is 2. The van der Waals surface area contributed by atoms with Gasteiger partial charge in [-0.3, -0.25) is 4.79 Å². The van der Waals surface area contributed by atoms with Gasteiger partial charge in [-0.25, -0.2) is 5.43 Å². The van der Waals surface area contributed by atoms with Crippen LogP contribution in [-0.4, -0.2) is 18.7 Å². The molecule has 126 valence electrons. The van der Waals surface area contributed by atoms with E-state index in [0.717, 1.165) is 21.6 Å². The molecule has 0 fully saturated rings. The van der Waals surface area contributed by atoms with Gasteiger partial charge >= 0.3 is 0 Å². The number of hydrogen-bond acceptors (Lipinski definition) is 4. The van der Waals surface area contributed by atoms with E-state index in [1.54, 1.807) is 17.6 Å². The van der Waals surface area contributed by atoms with Crippen LogP contribution in [0.2, 0.25) is 0 Å². The van der Waals surface area contributed by atoms with Crippen molar-refractivity contribution in [3.05, 3.63) is 76.5 Å². The molecular weight excluding hydrogens is 332 g/mol. The van der Waals surface area contributed by atoms with Crippen molar-refractivity contribution >= 4 is 23.5 Å². The highest BCUT2D eigenvalue weighted by Crippen LogP contribution is 2.29. The summed E-state index contributed by atoms with van der Waals surface area (Å²) in [5, 5.41) is 5.96. The number of aryl methyl sites for hydroxylation is 1. The number of amides is 1. The van der Waals surface area contributed by atoms with E-state index in [0.29, 0.717) is 5.75 Å². The second-order valence-corrected chi connectivity index (χ2v) is 6.36. The largest absolute Gasteiger partial charge is 0.483 e. The Hall–Kier alpha value is -2.92. The van der Waals surface area contributed by atoms with E-state index < -0.39 is 0 Å². The van der Waals surface area contributed by atoms with Gasteiger partial charge in [0, 0.05) is 10.4 Å². The van der Waals surface area contributed by atoms with Crippen LogP contribution >= 0.6 is 11.3 Å². The van der Waals surface area contributed by atoms with Gasteiger partial charge in [-0.05, 0) is 35.6 Å². The molecule has 0 spiro atoms. The Morgan fingerprint density at radius 1 is 1.12 bits per heavy atom. The summed E-state index contributed by atoms with van der Waals surface area (Å²) < 4.78 is 5.68. The van der Waals surface area contributed by atoms with Crippen LogP contribution in [0.3, 0.4) is 0 Å². The molecule has 3 aromatic rings. The van der Waals surface area contributed by atoms with Crippen LogP contribution in [0.1, 0.15) is 10.4 Å². The minimum absolute atomic E-state index is 0.0926. The molecule has 0 aliphatic carbocycles. The molecule has 0 aliphatic heterocycles. The number of para-hydroxylation sites is 1. The molecule has 0 radical (unpaired) electrons. The monoisotopic (exact) mass is 350 g/mol. The Morgan fingerprint density at radius 2 is 1.88 bits per heavy atom. The summed E-state index contributed by atoms with van der Waals surface area (Å²) in [6, 6.07) is 19.6. The fraction of sp³-hybridized carbons (Fsp3) is 0.100. The average Bonchev–Trinajstić information content (AvgIpc) is 3.06. The molecule has 5 heteroatoms. The Balaban J connectivity index is 1.59. The third-order valence-electron chi connectivity index (χ3n) is 3.60. The predicted molar refractivity (Wildman–Crippen MR) is 102 cm³/mol. The lowest BCUT2D eigenvalue weighted by Crippen LogP contribution is -2.24. The smallest absolute Gasteiger partial charge is 0.277 e. The number of ether oxygens (including phenoxy) is 1. The average molecular weight is 350 g/mol. The quantitative estimate of drug-likeness (QED) is 0.534. The number of carbonyl (C=O) groups excluding carboxylic acids is 1. The van der Waals surface area contributed by atoms with Crippen molar-refractivity contribution in [1.82, 2.24) is 5.43 Å². The van der Waals surface area contributed by atoms with Crippen molar-refractivity contribution in [2.75, 3.05) is 6.61 Å². The molecule has 0 saturated carbocycles. The maximum Gasteiger partial charge on any atom is 0.277 e. The third-order valence-corrected chi connectivity index (χ3v) is 4.56. The molecular formula is C20H18N2O2S. The molecule has 1 aromatic heterocycles.